The van der Waals surface area contributed by atoms with Crippen LogP contribution in [0.3, 0.4) is 0 Å². The maximum absolute atomic E-state index is 5.13. The number of aromatic nitrogens is 2. The van der Waals surface area contributed by atoms with Crippen LogP contribution in [0.5, 0.6) is 0 Å². The first-order valence-corrected chi connectivity index (χ1v) is 6.37. The Balaban J connectivity index is 1.83. The molecule has 0 aliphatic heterocycles. The Bertz CT molecular complexity index is 364. The molecule has 4 nitrogen and oxygen atoms in total. The lowest BCUT2D eigenvalue weighted by Crippen LogP contribution is -2.49. The highest BCUT2D eigenvalue weighted by atomic mass is 16.5. The molecule has 2 aliphatic carbocycles. The van der Waals surface area contributed by atoms with Gasteiger partial charge < -0.3 is 9.84 Å². The van der Waals surface area contributed by atoms with E-state index in [0.29, 0.717) is 11.9 Å². The van der Waals surface area contributed by atoms with Crippen molar-refractivity contribution in [3.63, 3.8) is 0 Å². The molecule has 1 aromatic heterocycles. The van der Waals surface area contributed by atoms with Crippen molar-refractivity contribution in [3.05, 3.63) is 11.7 Å². The van der Waals surface area contributed by atoms with E-state index in [2.05, 4.69) is 15.5 Å². The van der Waals surface area contributed by atoms with Crippen LogP contribution in [0.1, 0.15) is 56.7 Å². The van der Waals surface area contributed by atoms with E-state index < -0.39 is 0 Å². The molecule has 88 valence electrons. The maximum atomic E-state index is 5.13. The molecule has 16 heavy (non-hydrogen) atoms. The van der Waals surface area contributed by atoms with Gasteiger partial charge in [-0.3, -0.25) is 0 Å². The van der Waals surface area contributed by atoms with Gasteiger partial charge in [-0.2, -0.15) is 4.98 Å². The van der Waals surface area contributed by atoms with Gasteiger partial charge in [-0.25, -0.2) is 0 Å². The van der Waals surface area contributed by atoms with Crippen LogP contribution in [0.2, 0.25) is 0 Å². The summed E-state index contributed by atoms with van der Waals surface area (Å²) in [5.41, 5.74) is 0.0167. The summed E-state index contributed by atoms with van der Waals surface area (Å²) in [6.45, 7) is 1.86. The fraction of sp³-hybridized carbons (Fsp3) is 0.833. The lowest BCUT2D eigenvalue weighted by atomic mass is 9.87. The highest BCUT2D eigenvalue weighted by Gasteiger charge is 2.41. The summed E-state index contributed by atoms with van der Waals surface area (Å²) in [7, 11) is 0. The van der Waals surface area contributed by atoms with E-state index in [1.165, 1.54) is 32.1 Å². The Kier molecular flexibility index (Phi) is 2.46. The van der Waals surface area contributed by atoms with E-state index >= 15 is 0 Å². The first-order valence-electron chi connectivity index (χ1n) is 6.37. The van der Waals surface area contributed by atoms with Gasteiger partial charge in [0.2, 0.25) is 5.89 Å². The highest BCUT2D eigenvalue weighted by Crippen LogP contribution is 2.39. The first-order chi connectivity index (χ1) is 7.78. The molecule has 2 saturated carbocycles. The third kappa shape index (κ3) is 1.65. The Labute approximate surface area is 95.8 Å². The van der Waals surface area contributed by atoms with E-state index in [9.17, 15) is 0 Å². The van der Waals surface area contributed by atoms with Crippen LogP contribution >= 0.6 is 0 Å². The second-order valence-electron chi connectivity index (χ2n) is 5.20. The third-order valence-electron chi connectivity index (χ3n) is 4.00. The zero-order valence-electron chi connectivity index (χ0n) is 9.83. The van der Waals surface area contributed by atoms with Gasteiger partial charge in [-0.15, -0.1) is 0 Å². The van der Waals surface area contributed by atoms with Gasteiger partial charge in [0.05, 0.1) is 5.54 Å². The molecule has 0 saturated heterocycles. The Hall–Kier alpha value is -0.900. The molecule has 1 aromatic rings. The molecule has 2 aliphatic rings. The highest BCUT2D eigenvalue weighted by molar-refractivity contribution is 5.09. The molecule has 2 fully saturated rings. The molecule has 0 unspecified atom stereocenters. The van der Waals surface area contributed by atoms with Crippen molar-refractivity contribution in [2.75, 3.05) is 0 Å². The summed E-state index contributed by atoms with van der Waals surface area (Å²) < 4.78 is 5.13. The maximum Gasteiger partial charge on any atom is 0.223 e. The molecular weight excluding hydrogens is 202 g/mol. The molecule has 3 rings (SSSR count). The van der Waals surface area contributed by atoms with Crippen LogP contribution in [-0.2, 0) is 5.54 Å². The molecular formula is C12H19N3O. The van der Waals surface area contributed by atoms with Gasteiger partial charge >= 0.3 is 0 Å². The molecule has 0 bridgehead atoms. The number of aryl methyl sites for hydroxylation is 1. The number of nitrogens with zero attached hydrogens (tertiary/aromatic N) is 2. The van der Waals surface area contributed by atoms with Gasteiger partial charge in [-0.1, -0.05) is 24.4 Å². The number of nitrogens with one attached hydrogen (secondary N) is 1. The van der Waals surface area contributed by atoms with Crippen molar-refractivity contribution in [3.8, 4) is 0 Å². The van der Waals surface area contributed by atoms with Gasteiger partial charge in [0.15, 0.2) is 5.82 Å². The van der Waals surface area contributed by atoms with Crippen molar-refractivity contribution in [2.24, 2.45) is 0 Å². The summed E-state index contributed by atoms with van der Waals surface area (Å²) in [6.07, 6.45) is 8.82. The minimum Gasteiger partial charge on any atom is -0.340 e. The Morgan fingerprint density at radius 2 is 2.00 bits per heavy atom. The zero-order chi connectivity index (χ0) is 11.0. The zero-order valence-corrected chi connectivity index (χ0v) is 9.83. The van der Waals surface area contributed by atoms with Crippen LogP contribution in [0, 0.1) is 6.92 Å². The second-order valence-corrected chi connectivity index (χ2v) is 5.20. The van der Waals surface area contributed by atoms with E-state index in [1.54, 1.807) is 0 Å². The molecule has 0 radical (unpaired) electrons. The van der Waals surface area contributed by atoms with Gasteiger partial charge in [-0.05, 0) is 25.7 Å². The SMILES string of the molecule is Cc1nc(C2(NC3CCC3)CCCC2)no1. The molecule has 4 heteroatoms. The quantitative estimate of drug-likeness (QED) is 0.850. The summed E-state index contributed by atoms with van der Waals surface area (Å²) in [5, 5.41) is 7.91. The van der Waals surface area contributed by atoms with Crippen molar-refractivity contribution >= 4 is 0 Å². The van der Waals surface area contributed by atoms with Crippen LogP contribution in [0.25, 0.3) is 0 Å². The number of rotatable bonds is 3. The van der Waals surface area contributed by atoms with Crippen LogP contribution in [0.4, 0.5) is 0 Å². The van der Waals surface area contributed by atoms with E-state index in [4.69, 9.17) is 4.52 Å². The molecule has 0 amide bonds. The largest absolute Gasteiger partial charge is 0.340 e. The summed E-state index contributed by atoms with van der Waals surface area (Å²) >= 11 is 0. The normalized spacial score (nSPS) is 24.6. The van der Waals surface area contributed by atoms with Crippen LogP contribution in [0.15, 0.2) is 4.52 Å². The lowest BCUT2D eigenvalue weighted by molar-refractivity contribution is 0.212. The summed E-state index contributed by atoms with van der Waals surface area (Å²) in [4.78, 5) is 4.44. The Morgan fingerprint density at radius 1 is 1.25 bits per heavy atom. The molecule has 0 spiro atoms. The van der Waals surface area contributed by atoms with Crippen molar-refractivity contribution in [1.29, 1.82) is 0 Å². The second kappa shape index (κ2) is 3.84. The monoisotopic (exact) mass is 221 g/mol. The van der Waals surface area contributed by atoms with Gasteiger partial charge in [0.1, 0.15) is 0 Å². The van der Waals surface area contributed by atoms with E-state index in [-0.39, 0.29) is 5.54 Å². The molecule has 0 aromatic carbocycles. The van der Waals surface area contributed by atoms with Gasteiger partial charge in [0.25, 0.3) is 0 Å². The first kappa shape index (κ1) is 10.3. The van der Waals surface area contributed by atoms with E-state index in [0.717, 1.165) is 18.7 Å². The molecule has 0 atom stereocenters. The minimum absolute atomic E-state index is 0.0167. The van der Waals surface area contributed by atoms with Crippen molar-refractivity contribution in [2.45, 2.75) is 63.5 Å². The average molecular weight is 221 g/mol. The lowest BCUT2D eigenvalue weighted by Gasteiger charge is -2.36. The predicted octanol–water partition coefficient (Wildman–Crippen LogP) is 2.29. The van der Waals surface area contributed by atoms with Crippen molar-refractivity contribution in [1.82, 2.24) is 15.5 Å². The summed E-state index contributed by atoms with van der Waals surface area (Å²) in [6, 6.07) is 0.678. The van der Waals surface area contributed by atoms with Gasteiger partial charge in [0, 0.05) is 13.0 Å². The predicted molar refractivity (Wildman–Crippen MR) is 60.0 cm³/mol. The van der Waals surface area contributed by atoms with Crippen LogP contribution in [-0.4, -0.2) is 16.2 Å². The Morgan fingerprint density at radius 3 is 2.50 bits per heavy atom. The minimum atomic E-state index is 0.0167. The standard InChI is InChI=1S/C12H19N3O/c1-9-13-11(15-16-9)12(7-2-3-8-12)14-10-5-4-6-10/h10,14H,2-8H2,1H3. The fourth-order valence-corrected chi connectivity index (χ4v) is 2.85. The summed E-state index contributed by atoms with van der Waals surface area (Å²) in [5.74, 6) is 1.56. The topological polar surface area (TPSA) is 51.0 Å². The van der Waals surface area contributed by atoms with E-state index in [1.807, 2.05) is 6.92 Å². The third-order valence-corrected chi connectivity index (χ3v) is 4.00. The molecule has 1 heterocycles. The van der Waals surface area contributed by atoms with Crippen molar-refractivity contribution < 1.29 is 4.52 Å². The molecule has 1 N–H and O–H groups in total. The smallest absolute Gasteiger partial charge is 0.223 e. The average Bonchev–Trinajstić information content (AvgIpc) is 2.81. The van der Waals surface area contributed by atoms with Crippen LogP contribution < -0.4 is 5.32 Å². The fourth-order valence-electron chi connectivity index (χ4n) is 2.85. The number of hydrogen-bond acceptors (Lipinski definition) is 4. The number of hydrogen-bond donors (Lipinski definition) is 1.